The number of rotatable bonds is 5. The molecule has 1 aromatic carbocycles. The van der Waals surface area contributed by atoms with E-state index in [-0.39, 0.29) is 23.1 Å². The highest BCUT2D eigenvalue weighted by atomic mass is 19.4. The lowest BCUT2D eigenvalue weighted by Gasteiger charge is -2.09. The van der Waals surface area contributed by atoms with Crippen molar-refractivity contribution < 1.29 is 27.1 Å². The van der Waals surface area contributed by atoms with E-state index < -0.39 is 24.4 Å². The molecule has 0 saturated heterocycles. The van der Waals surface area contributed by atoms with E-state index in [9.17, 15) is 22.4 Å². The Morgan fingerprint density at radius 1 is 1.32 bits per heavy atom. The van der Waals surface area contributed by atoms with Gasteiger partial charge in [-0.2, -0.15) is 13.2 Å². The first kappa shape index (κ1) is 18.6. The van der Waals surface area contributed by atoms with Crippen LogP contribution in [-0.2, 0) is 22.4 Å². The Morgan fingerprint density at radius 3 is 2.64 bits per heavy atom. The molecule has 0 bridgehead atoms. The third kappa shape index (κ3) is 5.13. The summed E-state index contributed by atoms with van der Waals surface area (Å²) in [6.07, 6.45) is -1.32. The number of aromatic nitrogens is 3. The molecule has 1 heterocycles. The maximum atomic E-state index is 12.9. The summed E-state index contributed by atoms with van der Waals surface area (Å²) in [6, 6.07) is 2.82. The highest BCUT2D eigenvalue weighted by Gasteiger charge is 2.31. The number of ether oxygens (including phenoxy) is 1. The Labute approximate surface area is 140 Å². The van der Waals surface area contributed by atoms with Crippen LogP contribution in [0.1, 0.15) is 25.0 Å². The number of alkyl halides is 4. The van der Waals surface area contributed by atoms with E-state index in [2.05, 4.69) is 10.1 Å². The lowest BCUT2D eigenvalue weighted by Crippen LogP contribution is -2.08. The summed E-state index contributed by atoms with van der Waals surface area (Å²) in [4.78, 5) is 15.3. The highest BCUT2D eigenvalue weighted by molar-refractivity contribution is 5.85. The van der Waals surface area contributed by atoms with Crippen LogP contribution in [0.5, 0.6) is 0 Å². The molecule has 0 atom stereocenters. The molecule has 1 aromatic heterocycles. The molecule has 25 heavy (non-hydrogen) atoms. The van der Waals surface area contributed by atoms with Crippen molar-refractivity contribution in [3.8, 4) is 11.4 Å². The van der Waals surface area contributed by atoms with Gasteiger partial charge in [-0.1, -0.05) is 0 Å². The fourth-order valence-corrected chi connectivity index (χ4v) is 1.95. The van der Waals surface area contributed by atoms with Crippen LogP contribution in [-0.4, -0.2) is 26.8 Å². The van der Waals surface area contributed by atoms with Gasteiger partial charge in [-0.05, 0) is 37.6 Å². The van der Waals surface area contributed by atoms with E-state index in [1.54, 1.807) is 13.8 Å². The molecule has 0 fully saturated rings. The second-order valence-electron chi connectivity index (χ2n) is 5.40. The SMILES string of the molecule is CC(C)OC(=O)/C=C\n1cnc(-c2cc(CF)cc(C(F)(F)F)c2)n1. The predicted octanol–water partition coefficient (Wildman–Crippen LogP) is 3.86. The van der Waals surface area contributed by atoms with Crippen molar-refractivity contribution in [1.29, 1.82) is 0 Å². The number of esters is 1. The van der Waals surface area contributed by atoms with Crippen LogP contribution in [0.2, 0.25) is 0 Å². The summed E-state index contributed by atoms with van der Waals surface area (Å²) in [5, 5.41) is 3.95. The van der Waals surface area contributed by atoms with Crippen molar-refractivity contribution in [3.05, 3.63) is 41.7 Å². The van der Waals surface area contributed by atoms with Crippen LogP contribution >= 0.6 is 0 Å². The van der Waals surface area contributed by atoms with Crippen molar-refractivity contribution in [3.63, 3.8) is 0 Å². The van der Waals surface area contributed by atoms with E-state index in [1.807, 2.05) is 0 Å². The van der Waals surface area contributed by atoms with Crippen LogP contribution in [0.4, 0.5) is 17.6 Å². The normalized spacial score (nSPS) is 12.1. The minimum atomic E-state index is -4.61. The maximum absolute atomic E-state index is 12.9. The summed E-state index contributed by atoms with van der Waals surface area (Å²) in [7, 11) is 0. The van der Waals surface area contributed by atoms with Gasteiger partial charge >= 0.3 is 12.1 Å². The van der Waals surface area contributed by atoms with Crippen LogP contribution in [0.25, 0.3) is 17.6 Å². The van der Waals surface area contributed by atoms with Gasteiger partial charge in [0.2, 0.25) is 0 Å². The standard InChI is InChI=1S/C16H15F4N3O2/c1-10(2)25-14(24)3-4-23-9-21-15(22-23)12-5-11(8-17)6-13(7-12)16(18,19)20/h3-7,9-10H,8H2,1-2H3/b4-3-. The molecule has 0 aliphatic rings. The second-order valence-corrected chi connectivity index (χ2v) is 5.40. The Bertz CT molecular complexity index is 782. The summed E-state index contributed by atoms with van der Waals surface area (Å²) < 4.78 is 57.5. The van der Waals surface area contributed by atoms with Crippen molar-refractivity contribution in [2.45, 2.75) is 32.8 Å². The van der Waals surface area contributed by atoms with Gasteiger partial charge in [-0.25, -0.2) is 18.9 Å². The van der Waals surface area contributed by atoms with Crippen molar-refractivity contribution in [1.82, 2.24) is 14.8 Å². The Balaban J connectivity index is 2.27. The van der Waals surface area contributed by atoms with Gasteiger partial charge in [0.25, 0.3) is 0 Å². The third-order valence-corrected chi connectivity index (χ3v) is 2.96. The van der Waals surface area contributed by atoms with Crippen LogP contribution in [0.15, 0.2) is 30.6 Å². The molecule has 0 aliphatic heterocycles. The molecule has 134 valence electrons. The fraction of sp³-hybridized carbons (Fsp3) is 0.312. The van der Waals surface area contributed by atoms with Gasteiger partial charge in [0.05, 0.1) is 11.7 Å². The van der Waals surface area contributed by atoms with Crippen molar-refractivity contribution >= 4 is 12.2 Å². The minimum absolute atomic E-state index is 0.0253. The summed E-state index contributed by atoms with van der Waals surface area (Å²) in [6.45, 7) is 2.34. The lowest BCUT2D eigenvalue weighted by molar-refractivity contribution is -0.141. The van der Waals surface area contributed by atoms with Gasteiger partial charge in [0.15, 0.2) is 5.82 Å². The number of benzene rings is 1. The Kier molecular flexibility index (Phi) is 5.55. The Morgan fingerprint density at radius 2 is 2.04 bits per heavy atom. The minimum Gasteiger partial charge on any atom is -0.460 e. The molecule has 0 spiro atoms. The van der Waals surface area contributed by atoms with Crippen LogP contribution in [0.3, 0.4) is 0 Å². The fourth-order valence-electron chi connectivity index (χ4n) is 1.95. The van der Waals surface area contributed by atoms with Gasteiger partial charge < -0.3 is 4.74 Å². The van der Waals surface area contributed by atoms with Crippen molar-refractivity contribution in [2.24, 2.45) is 0 Å². The molecule has 5 nitrogen and oxygen atoms in total. The topological polar surface area (TPSA) is 57.0 Å². The number of hydrogen-bond donors (Lipinski definition) is 0. The monoisotopic (exact) mass is 357 g/mol. The van der Waals surface area contributed by atoms with Gasteiger partial charge in [-0.15, -0.1) is 5.10 Å². The molecule has 0 amide bonds. The molecule has 0 radical (unpaired) electrons. The average molecular weight is 357 g/mol. The Hall–Kier alpha value is -2.71. The quantitative estimate of drug-likeness (QED) is 0.463. The molecule has 0 aliphatic carbocycles. The predicted molar refractivity (Wildman–Crippen MR) is 81.8 cm³/mol. The molecule has 0 N–H and O–H groups in total. The summed E-state index contributed by atoms with van der Waals surface area (Å²) >= 11 is 0. The molecular weight excluding hydrogens is 342 g/mol. The molecule has 0 saturated carbocycles. The smallest absolute Gasteiger partial charge is 0.416 e. The van der Waals surface area contributed by atoms with E-state index in [0.29, 0.717) is 0 Å². The van der Waals surface area contributed by atoms with E-state index in [0.717, 1.165) is 22.9 Å². The molecule has 2 rings (SSSR count). The number of carbonyl (C=O) groups excluding carboxylic acids is 1. The van der Waals surface area contributed by atoms with Crippen LogP contribution in [0, 0.1) is 0 Å². The number of halogens is 4. The molecule has 2 aromatic rings. The first-order valence-electron chi connectivity index (χ1n) is 7.26. The van der Waals surface area contributed by atoms with Gasteiger partial charge in [-0.3, -0.25) is 0 Å². The maximum Gasteiger partial charge on any atom is 0.416 e. The average Bonchev–Trinajstić information content (AvgIpc) is 3.00. The number of carbonyl (C=O) groups is 1. The largest absolute Gasteiger partial charge is 0.460 e. The summed E-state index contributed by atoms with van der Waals surface area (Å²) in [5.74, 6) is -0.617. The molecule has 0 unspecified atom stereocenters. The first-order chi connectivity index (χ1) is 11.7. The van der Waals surface area contributed by atoms with Crippen molar-refractivity contribution in [2.75, 3.05) is 0 Å². The van der Waals surface area contributed by atoms with E-state index in [1.165, 1.54) is 18.6 Å². The summed E-state index contributed by atoms with van der Waals surface area (Å²) in [5.41, 5.74) is -1.08. The highest BCUT2D eigenvalue weighted by Crippen LogP contribution is 2.32. The third-order valence-electron chi connectivity index (χ3n) is 2.96. The lowest BCUT2D eigenvalue weighted by atomic mass is 10.1. The number of hydrogen-bond acceptors (Lipinski definition) is 4. The second kappa shape index (κ2) is 7.45. The van der Waals surface area contributed by atoms with E-state index >= 15 is 0 Å². The first-order valence-corrected chi connectivity index (χ1v) is 7.26. The van der Waals surface area contributed by atoms with Crippen LogP contribution < -0.4 is 0 Å². The van der Waals surface area contributed by atoms with E-state index in [4.69, 9.17) is 4.74 Å². The molecular formula is C16H15F4N3O2. The zero-order chi connectivity index (χ0) is 18.6. The molecule has 9 heteroatoms. The van der Waals surface area contributed by atoms with Gasteiger partial charge in [0, 0.05) is 17.8 Å². The zero-order valence-electron chi connectivity index (χ0n) is 13.4. The number of nitrogens with zero attached hydrogens (tertiary/aromatic N) is 3. The van der Waals surface area contributed by atoms with Gasteiger partial charge in [0.1, 0.15) is 13.0 Å². The zero-order valence-corrected chi connectivity index (χ0v) is 13.4.